The summed E-state index contributed by atoms with van der Waals surface area (Å²) in [6.45, 7) is 0. The van der Waals surface area contributed by atoms with E-state index >= 15 is 0 Å². The number of halogens is 1. The van der Waals surface area contributed by atoms with Crippen molar-refractivity contribution < 1.29 is 4.39 Å². The second kappa shape index (κ2) is 2.38. The van der Waals surface area contributed by atoms with Crippen molar-refractivity contribution >= 4 is 5.69 Å². The highest BCUT2D eigenvalue weighted by Crippen LogP contribution is 2.20. The van der Waals surface area contributed by atoms with E-state index in [1.807, 2.05) is 12.3 Å². The van der Waals surface area contributed by atoms with Crippen LogP contribution >= 0.6 is 0 Å². The Balaban J connectivity index is 2.48. The van der Waals surface area contributed by atoms with Crippen LogP contribution in [0, 0.1) is 5.82 Å². The Kier molecular flexibility index (Phi) is 1.39. The molecule has 0 saturated heterocycles. The largest absolute Gasteiger partial charge is 0.362 e. The van der Waals surface area contributed by atoms with Crippen LogP contribution in [0.5, 0.6) is 0 Å². The van der Waals surface area contributed by atoms with Crippen molar-refractivity contribution in [3.05, 3.63) is 41.9 Å². The fourth-order valence-corrected chi connectivity index (χ4v) is 1.20. The van der Waals surface area contributed by atoms with Gasteiger partial charge < -0.3 is 5.32 Å². The van der Waals surface area contributed by atoms with Crippen LogP contribution in [0.15, 0.2) is 30.5 Å². The van der Waals surface area contributed by atoms with Gasteiger partial charge in [-0.3, -0.25) is 0 Å². The summed E-state index contributed by atoms with van der Waals surface area (Å²) < 4.78 is 12.6. The quantitative estimate of drug-likeness (QED) is 0.596. The van der Waals surface area contributed by atoms with E-state index in [0.717, 1.165) is 17.7 Å². The van der Waals surface area contributed by atoms with Gasteiger partial charge in [0.2, 0.25) is 0 Å². The van der Waals surface area contributed by atoms with Gasteiger partial charge in [0, 0.05) is 5.69 Å². The van der Waals surface area contributed by atoms with Gasteiger partial charge in [0.25, 0.3) is 0 Å². The van der Waals surface area contributed by atoms with Crippen LogP contribution in [0.2, 0.25) is 0 Å². The molecule has 1 N–H and O–H groups in total. The Morgan fingerprint density at radius 2 is 2.27 bits per heavy atom. The van der Waals surface area contributed by atoms with Crippen LogP contribution in [0.3, 0.4) is 0 Å². The minimum atomic E-state index is -0.188. The summed E-state index contributed by atoms with van der Waals surface area (Å²) in [5, 5.41) is 2.98. The van der Waals surface area contributed by atoms with E-state index < -0.39 is 0 Å². The zero-order valence-electron chi connectivity index (χ0n) is 5.97. The lowest BCUT2D eigenvalue weighted by Gasteiger charge is -2.11. The summed E-state index contributed by atoms with van der Waals surface area (Å²) in [5.41, 5.74) is 2.03. The first-order valence-corrected chi connectivity index (χ1v) is 3.56. The average molecular weight is 149 g/mol. The topological polar surface area (TPSA) is 12.0 Å². The van der Waals surface area contributed by atoms with Gasteiger partial charge in [0.05, 0.1) is 0 Å². The van der Waals surface area contributed by atoms with Gasteiger partial charge in [-0.2, -0.15) is 0 Å². The van der Waals surface area contributed by atoms with E-state index in [0.29, 0.717) is 0 Å². The van der Waals surface area contributed by atoms with Crippen LogP contribution in [0.25, 0.3) is 0 Å². The molecule has 56 valence electrons. The molecule has 0 aliphatic carbocycles. The smallest absolute Gasteiger partial charge is 0.125 e. The first-order chi connectivity index (χ1) is 5.36. The molecule has 0 saturated carbocycles. The molecule has 0 radical (unpaired) electrons. The fraction of sp³-hybridized carbons (Fsp3) is 0.111. The molecular formula is C9H8FN. The van der Waals surface area contributed by atoms with Crippen LogP contribution in [-0.4, -0.2) is 0 Å². The number of anilines is 1. The van der Waals surface area contributed by atoms with Crippen LogP contribution in [0.1, 0.15) is 5.56 Å². The second-order valence-corrected chi connectivity index (χ2v) is 2.55. The minimum Gasteiger partial charge on any atom is -0.362 e. The Labute approximate surface area is 64.5 Å². The second-order valence-electron chi connectivity index (χ2n) is 2.55. The predicted molar refractivity (Wildman–Crippen MR) is 42.9 cm³/mol. The SMILES string of the molecule is Fc1ccc2c(c1)NC=CC2. The standard InChI is InChI=1S/C9H8FN/c10-8-4-3-7-2-1-5-11-9(7)6-8/h1,3-6,11H,2H2. The van der Waals surface area contributed by atoms with Crippen LogP contribution in [0.4, 0.5) is 10.1 Å². The van der Waals surface area contributed by atoms with Crippen molar-refractivity contribution in [1.82, 2.24) is 0 Å². The predicted octanol–water partition coefficient (Wildman–Crippen LogP) is 2.31. The third kappa shape index (κ3) is 1.11. The highest BCUT2D eigenvalue weighted by molar-refractivity contribution is 5.56. The Morgan fingerprint density at radius 3 is 3.18 bits per heavy atom. The molecule has 1 heterocycles. The number of hydrogen-bond donors (Lipinski definition) is 1. The highest BCUT2D eigenvalue weighted by atomic mass is 19.1. The molecule has 1 nitrogen and oxygen atoms in total. The van der Waals surface area contributed by atoms with Gasteiger partial charge in [-0.15, -0.1) is 0 Å². The zero-order valence-corrected chi connectivity index (χ0v) is 5.97. The van der Waals surface area contributed by atoms with Crippen molar-refractivity contribution in [2.24, 2.45) is 0 Å². The molecule has 1 aliphatic rings. The molecule has 0 atom stereocenters. The molecule has 1 aliphatic heterocycles. The molecule has 2 rings (SSSR count). The molecule has 0 fully saturated rings. The number of rotatable bonds is 0. The average Bonchev–Trinajstić information content (AvgIpc) is 2.04. The molecule has 0 aromatic heterocycles. The number of benzene rings is 1. The van der Waals surface area contributed by atoms with Gasteiger partial charge in [-0.1, -0.05) is 12.1 Å². The molecular weight excluding hydrogens is 141 g/mol. The highest BCUT2D eigenvalue weighted by Gasteiger charge is 2.03. The maximum atomic E-state index is 12.6. The van der Waals surface area contributed by atoms with Crippen molar-refractivity contribution in [1.29, 1.82) is 0 Å². The van der Waals surface area contributed by atoms with E-state index in [1.165, 1.54) is 12.1 Å². The van der Waals surface area contributed by atoms with E-state index in [4.69, 9.17) is 0 Å². The van der Waals surface area contributed by atoms with Crippen molar-refractivity contribution in [2.45, 2.75) is 6.42 Å². The van der Waals surface area contributed by atoms with Gasteiger partial charge in [-0.05, 0) is 30.3 Å². The minimum absolute atomic E-state index is 0.188. The van der Waals surface area contributed by atoms with E-state index in [-0.39, 0.29) is 5.82 Å². The molecule has 2 heteroatoms. The maximum absolute atomic E-state index is 12.6. The first-order valence-electron chi connectivity index (χ1n) is 3.56. The maximum Gasteiger partial charge on any atom is 0.125 e. The molecule has 1 aromatic rings. The normalized spacial score (nSPS) is 13.9. The lowest BCUT2D eigenvalue weighted by Crippen LogP contribution is -1.99. The first kappa shape index (κ1) is 6.40. The summed E-state index contributed by atoms with van der Waals surface area (Å²) in [6.07, 6.45) is 4.74. The Morgan fingerprint density at radius 1 is 1.36 bits per heavy atom. The molecule has 11 heavy (non-hydrogen) atoms. The molecule has 0 bridgehead atoms. The van der Waals surface area contributed by atoms with Crippen LogP contribution < -0.4 is 5.32 Å². The van der Waals surface area contributed by atoms with E-state index in [9.17, 15) is 4.39 Å². The number of hydrogen-bond acceptors (Lipinski definition) is 1. The van der Waals surface area contributed by atoms with Gasteiger partial charge >= 0.3 is 0 Å². The summed E-state index contributed by atoms with van der Waals surface area (Å²) in [6, 6.07) is 4.81. The summed E-state index contributed by atoms with van der Waals surface area (Å²) in [4.78, 5) is 0. The monoisotopic (exact) mass is 149 g/mol. The Hall–Kier alpha value is -1.31. The third-order valence-electron chi connectivity index (χ3n) is 1.77. The number of nitrogens with one attached hydrogen (secondary N) is 1. The molecule has 0 spiro atoms. The summed E-state index contributed by atoms with van der Waals surface area (Å²) >= 11 is 0. The van der Waals surface area contributed by atoms with Gasteiger partial charge in [-0.25, -0.2) is 4.39 Å². The van der Waals surface area contributed by atoms with Crippen LogP contribution in [-0.2, 0) is 6.42 Å². The van der Waals surface area contributed by atoms with Crippen molar-refractivity contribution in [3.8, 4) is 0 Å². The Bertz CT molecular complexity index is 304. The summed E-state index contributed by atoms with van der Waals surface area (Å²) in [7, 11) is 0. The van der Waals surface area contributed by atoms with Crippen molar-refractivity contribution in [2.75, 3.05) is 5.32 Å². The van der Waals surface area contributed by atoms with Crippen molar-refractivity contribution in [3.63, 3.8) is 0 Å². The summed E-state index contributed by atoms with van der Waals surface area (Å²) in [5.74, 6) is -0.188. The molecule has 0 amide bonds. The molecule has 0 unspecified atom stereocenters. The number of fused-ring (bicyclic) bond motifs is 1. The molecule has 1 aromatic carbocycles. The lowest BCUT2D eigenvalue weighted by atomic mass is 10.1. The van der Waals surface area contributed by atoms with Gasteiger partial charge in [0.1, 0.15) is 5.82 Å². The zero-order chi connectivity index (χ0) is 7.68. The fourth-order valence-electron chi connectivity index (χ4n) is 1.20. The lowest BCUT2D eigenvalue weighted by molar-refractivity contribution is 0.627. The van der Waals surface area contributed by atoms with E-state index in [1.54, 1.807) is 6.07 Å². The third-order valence-corrected chi connectivity index (χ3v) is 1.77. The number of allylic oxidation sites excluding steroid dienone is 1. The van der Waals surface area contributed by atoms with E-state index in [2.05, 4.69) is 5.32 Å². The van der Waals surface area contributed by atoms with Gasteiger partial charge in [0.15, 0.2) is 0 Å².